The molecular formula is C22H22F3N4O2S+. The lowest BCUT2D eigenvalue weighted by molar-refractivity contribution is -0.917. The van der Waals surface area contributed by atoms with Gasteiger partial charge in [0.05, 0.1) is 38.2 Å². The van der Waals surface area contributed by atoms with E-state index in [1.807, 2.05) is 18.2 Å². The maximum atomic E-state index is 13.3. The molecule has 4 rings (SSSR count). The SMILES string of the molecule is O=C(CSc1nc(-c2ccco2)cc(C(F)(F)F)n1)N1CC[NH+](Cc2ccccc2)CC1. The molecule has 1 aromatic carbocycles. The number of thioether (sulfide) groups is 1. The molecule has 3 aromatic rings. The zero-order valence-corrected chi connectivity index (χ0v) is 18.0. The van der Waals surface area contributed by atoms with Gasteiger partial charge in [0.25, 0.3) is 0 Å². The van der Waals surface area contributed by atoms with Crippen molar-refractivity contribution in [2.75, 3.05) is 31.9 Å². The summed E-state index contributed by atoms with van der Waals surface area (Å²) in [4.78, 5) is 23.5. The average Bonchev–Trinajstić information content (AvgIpc) is 3.33. The van der Waals surface area contributed by atoms with Crippen LogP contribution in [0.1, 0.15) is 11.3 Å². The highest BCUT2D eigenvalue weighted by Gasteiger charge is 2.34. The molecule has 1 amide bonds. The number of rotatable bonds is 6. The van der Waals surface area contributed by atoms with Crippen LogP contribution in [0, 0.1) is 0 Å². The summed E-state index contributed by atoms with van der Waals surface area (Å²) >= 11 is 0.905. The van der Waals surface area contributed by atoms with Crippen molar-refractivity contribution < 1.29 is 27.3 Å². The molecule has 1 aliphatic heterocycles. The Morgan fingerprint density at radius 3 is 2.50 bits per heavy atom. The lowest BCUT2D eigenvalue weighted by Crippen LogP contribution is -3.13. The van der Waals surface area contributed by atoms with E-state index < -0.39 is 11.9 Å². The van der Waals surface area contributed by atoms with Gasteiger partial charge in [0.1, 0.15) is 17.9 Å². The summed E-state index contributed by atoms with van der Waals surface area (Å²) in [7, 11) is 0. The molecule has 0 radical (unpaired) electrons. The second kappa shape index (κ2) is 9.74. The number of aromatic nitrogens is 2. The minimum atomic E-state index is -4.62. The summed E-state index contributed by atoms with van der Waals surface area (Å²) < 4.78 is 45.0. The van der Waals surface area contributed by atoms with E-state index in [4.69, 9.17) is 4.42 Å². The second-order valence-corrected chi connectivity index (χ2v) is 8.42. The average molecular weight is 464 g/mol. The highest BCUT2D eigenvalue weighted by atomic mass is 32.2. The van der Waals surface area contributed by atoms with Crippen LogP contribution in [0.25, 0.3) is 11.5 Å². The predicted molar refractivity (Wildman–Crippen MR) is 113 cm³/mol. The summed E-state index contributed by atoms with van der Waals surface area (Å²) in [6, 6.07) is 14.1. The van der Waals surface area contributed by atoms with Crippen LogP contribution in [0.15, 0.2) is 64.4 Å². The Labute approximate surface area is 187 Å². The Morgan fingerprint density at radius 1 is 1.09 bits per heavy atom. The summed E-state index contributed by atoms with van der Waals surface area (Å²) in [6.45, 7) is 3.79. The van der Waals surface area contributed by atoms with Gasteiger partial charge in [-0.2, -0.15) is 13.2 Å². The highest BCUT2D eigenvalue weighted by Crippen LogP contribution is 2.32. The fraction of sp³-hybridized carbons (Fsp3) is 0.318. The number of nitrogens with zero attached hydrogens (tertiary/aromatic N) is 3. The molecule has 2 aromatic heterocycles. The van der Waals surface area contributed by atoms with Crippen LogP contribution in [-0.2, 0) is 17.5 Å². The van der Waals surface area contributed by atoms with Crippen molar-refractivity contribution in [3.05, 3.63) is 66.1 Å². The van der Waals surface area contributed by atoms with Gasteiger partial charge in [0.2, 0.25) is 5.91 Å². The molecule has 1 aliphatic rings. The van der Waals surface area contributed by atoms with Crippen molar-refractivity contribution in [2.45, 2.75) is 17.9 Å². The van der Waals surface area contributed by atoms with Crippen LogP contribution in [-0.4, -0.2) is 52.7 Å². The zero-order valence-electron chi connectivity index (χ0n) is 17.1. The molecule has 0 unspecified atom stereocenters. The zero-order chi connectivity index (χ0) is 22.6. The minimum Gasteiger partial charge on any atom is -0.463 e. The van der Waals surface area contributed by atoms with Crippen molar-refractivity contribution in [2.24, 2.45) is 0 Å². The van der Waals surface area contributed by atoms with Crippen LogP contribution in [0.5, 0.6) is 0 Å². The van der Waals surface area contributed by atoms with Gasteiger partial charge in [0.15, 0.2) is 10.9 Å². The van der Waals surface area contributed by atoms with Crippen molar-refractivity contribution in [3.8, 4) is 11.5 Å². The van der Waals surface area contributed by atoms with Crippen molar-refractivity contribution >= 4 is 17.7 Å². The smallest absolute Gasteiger partial charge is 0.433 e. The molecule has 6 nitrogen and oxygen atoms in total. The Balaban J connectivity index is 1.35. The number of piperazine rings is 1. The highest BCUT2D eigenvalue weighted by molar-refractivity contribution is 7.99. The van der Waals surface area contributed by atoms with Gasteiger partial charge in [-0.05, 0) is 18.2 Å². The molecular weight excluding hydrogens is 441 g/mol. The third-order valence-corrected chi connectivity index (χ3v) is 6.05. The van der Waals surface area contributed by atoms with E-state index in [-0.39, 0.29) is 28.3 Å². The summed E-state index contributed by atoms with van der Waals surface area (Å²) in [5.41, 5.74) is 0.226. The molecule has 0 saturated carbocycles. The summed E-state index contributed by atoms with van der Waals surface area (Å²) in [5, 5.41) is -0.104. The van der Waals surface area contributed by atoms with Gasteiger partial charge >= 0.3 is 6.18 Å². The predicted octanol–water partition coefficient (Wildman–Crippen LogP) is 2.77. The topological polar surface area (TPSA) is 63.7 Å². The fourth-order valence-electron chi connectivity index (χ4n) is 3.54. The maximum Gasteiger partial charge on any atom is 0.433 e. The van der Waals surface area contributed by atoms with Crippen molar-refractivity contribution in [1.29, 1.82) is 0 Å². The van der Waals surface area contributed by atoms with E-state index in [9.17, 15) is 18.0 Å². The number of quaternary nitrogens is 1. The fourth-order valence-corrected chi connectivity index (χ4v) is 4.30. The van der Waals surface area contributed by atoms with E-state index >= 15 is 0 Å². The van der Waals surface area contributed by atoms with Gasteiger partial charge in [-0.3, -0.25) is 4.79 Å². The molecule has 1 N–H and O–H groups in total. The van der Waals surface area contributed by atoms with Gasteiger partial charge < -0.3 is 14.2 Å². The summed E-state index contributed by atoms with van der Waals surface area (Å²) in [5.74, 6) is 0.0605. The number of alkyl halides is 3. The molecule has 0 bridgehead atoms. The molecule has 0 aliphatic carbocycles. The Hall–Kier alpha value is -2.85. The number of furan rings is 1. The number of carbonyl (C=O) groups is 1. The third-order valence-electron chi connectivity index (χ3n) is 5.21. The van der Waals surface area contributed by atoms with Gasteiger partial charge in [-0.1, -0.05) is 42.1 Å². The molecule has 168 valence electrons. The molecule has 1 fully saturated rings. The number of halogens is 3. The quantitative estimate of drug-likeness (QED) is 0.450. The first-order chi connectivity index (χ1) is 15.4. The normalized spacial score (nSPS) is 15.2. The van der Waals surface area contributed by atoms with E-state index in [0.717, 1.165) is 37.5 Å². The first-order valence-corrected chi connectivity index (χ1v) is 11.2. The molecule has 3 heterocycles. The monoisotopic (exact) mass is 463 g/mol. The van der Waals surface area contributed by atoms with Gasteiger partial charge in [-0.15, -0.1) is 0 Å². The van der Waals surface area contributed by atoms with Crippen molar-refractivity contribution in [3.63, 3.8) is 0 Å². The number of nitrogens with one attached hydrogen (secondary N) is 1. The van der Waals surface area contributed by atoms with Crippen LogP contribution >= 0.6 is 11.8 Å². The number of hydrogen-bond donors (Lipinski definition) is 1. The third kappa shape index (κ3) is 5.68. The molecule has 0 atom stereocenters. The lowest BCUT2D eigenvalue weighted by atomic mass is 10.2. The first kappa shape index (κ1) is 22.3. The number of amides is 1. The van der Waals surface area contributed by atoms with Crippen LogP contribution in [0.4, 0.5) is 13.2 Å². The second-order valence-electron chi connectivity index (χ2n) is 7.48. The van der Waals surface area contributed by atoms with Crippen molar-refractivity contribution in [1.82, 2.24) is 14.9 Å². The number of carbonyl (C=O) groups excluding carboxylic acids is 1. The molecule has 1 saturated heterocycles. The van der Waals surface area contributed by atoms with E-state index in [2.05, 4.69) is 22.1 Å². The standard InChI is InChI=1S/C22H21F3N4O2S/c23-22(24,25)19-13-17(18-7-4-12-31-18)26-21(27-19)32-15-20(30)29-10-8-28(9-11-29)14-16-5-2-1-3-6-16/h1-7,12-13H,8-11,14-15H2/p+1. The lowest BCUT2D eigenvalue weighted by Gasteiger charge is -2.32. The number of hydrogen-bond acceptors (Lipinski definition) is 5. The Kier molecular flexibility index (Phi) is 6.80. The van der Waals surface area contributed by atoms with E-state index in [1.54, 1.807) is 11.0 Å². The Bertz CT molecular complexity index is 1040. The summed E-state index contributed by atoms with van der Waals surface area (Å²) in [6.07, 6.45) is -3.26. The van der Waals surface area contributed by atoms with Crippen LogP contribution < -0.4 is 4.90 Å². The van der Waals surface area contributed by atoms with E-state index in [1.165, 1.54) is 22.8 Å². The number of benzene rings is 1. The van der Waals surface area contributed by atoms with Gasteiger partial charge in [-0.25, -0.2) is 9.97 Å². The molecule has 0 spiro atoms. The van der Waals surface area contributed by atoms with E-state index in [0.29, 0.717) is 13.1 Å². The largest absolute Gasteiger partial charge is 0.463 e. The minimum absolute atomic E-state index is 0.0209. The van der Waals surface area contributed by atoms with Crippen LogP contribution in [0.2, 0.25) is 0 Å². The molecule has 32 heavy (non-hydrogen) atoms. The molecule has 10 heteroatoms. The van der Waals surface area contributed by atoms with Gasteiger partial charge in [0, 0.05) is 5.56 Å². The Morgan fingerprint density at radius 2 is 1.84 bits per heavy atom. The van der Waals surface area contributed by atoms with Crippen LogP contribution in [0.3, 0.4) is 0 Å². The maximum absolute atomic E-state index is 13.3. The first-order valence-electron chi connectivity index (χ1n) is 10.2.